The molecular formula is C32H45Cl2N7. The molecule has 5 rings (SSSR count). The Kier molecular flexibility index (Phi) is 9.67. The number of nitrogens with zero attached hydrogens (tertiary/aromatic N) is 5. The van der Waals surface area contributed by atoms with E-state index in [-0.39, 0.29) is 12.1 Å². The first kappa shape index (κ1) is 30.0. The van der Waals surface area contributed by atoms with Crippen molar-refractivity contribution in [1.82, 2.24) is 19.6 Å². The van der Waals surface area contributed by atoms with E-state index in [0.29, 0.717) is 40.0 Å². The highest BCUT2D eigenvalue weighted by molar-refractivity contribution is 6.42. The topological polar surface area (TPSA) is 75.2 Å². The van der Waals surface area contributed by atoms with Gasteiger partial charge in [0.15, 0.2) is 11.9 Å². The molecule has 41 heavy (non-hydrogen) atoms. The van der Waals surface area contributed by atoms with Crippen LogP contribution in [-0.4, -0.2) is 95.0 Å². The molecule has 0 aliphatic carbocycles. The van der Waals surface area contributed by atoms with Crippen molar-refractivity contribution in [2.24, 2.45) is 16.6 Å². The highest BCUT2D eigenvalue weighted by atomic mass is 35.5. The Labute approximate surface area is 255 Å². The SMILES string of the molecule is CC(C)[C@@H]1CN=C(N)N1C[C@@H]1CCCN1C[C@H](C)N1C[C@@H](Cc2ccccc2)N(CCc2ccc(Cl)c(Cl)c2)C1=N. The molecule has 3 aliphatic rings. The number of hydrogen-bond donors (Lipinski definition) is 2. The fourth-order valence-corrected chi connectivity index (χ4v) is 7.11. The molecule has 0 aromatic heterocycles. The number of aliphatic imine (C=N–C) groups is 1. The summed E-state index contributed by atoms with van der Waals surface area (Å²) in [6.45, 7) is 12.2. The van der Waals surface area contributed by atoms with Crippen LogP contribution in [0.5, 0.6) is 0 Å². The normalized spacial score (nSPS) is 24.1. The summed E-state index contributed by atoms with van der Waals surface area (Å²) in [5.74, 6) is 1.85. The number of hydrogen-bond acceptors (Lipinski definition) is 5. The fourth-order valence-electron chi connectivity index (χ4n) is 6.79. The molecule has 3 N–H and O–H groups in total. The van der Waals surface area contributed by atoms with Crippen molar-refractivity contribution >= 4 is 35.1 Å². The van der Waals surface area contributed by atoms with Crippen LogP contribution in [0.3, 0.4) is 0 Å². The van der Waals surface area contributed by atoms with E-state index in [4.69, 9.17) is 28.9 Å². The number of halogens is 2. The van der Waals surface area contributed by atoms with Gasteiger partial charge in [-0.2, -0.15) is 0 Å². The summed E-state index contributed by atoms with van der Waals surface area (Å²) in [6.07, 6.45) is 4.13. The van der Waals surface area contributed by atoms with Gasteiger partial charge in [-0.25, -0.2) is 0 Å². The van der Waals surface area contributed by atoms with Gasteiger partial charge in [0.05, 0.1) is 28.7 Å². The largest absolute Gasteiger partial charge is 0.370 e. The first-order valence-corrected chi connectivity index (χ1v) is 15.9. The molecule has 0 unspecified atom stereocenters. The number of likely N-dealkylation sites (tertiary alicyclic amines) is 1. The summed E-state index contributed by atoms with van der Waals surface area (Å²) < 4.78 is 0. The van der Waals surface area contributed by atoms with E-state index in [2.05, 4.69) is 75.7 Å². The van der Waals surface area contributed by atoms with Crippen LogP contribution in [0.1, 0.15) is 44.7 Å². The number of guanidine groups is 2. The fraction of sp³-hybridized carbons (Fsp3) is 0.562. The highest BCUT2D eigenvalue weighted by Gasteiger charge is 2.39. The summed E-state index contributed by atoms with van der Waals surface area (Å²) in [6, 6.07) is 17.9. The molecule has 0 spiro atoms. The van der Waals surface area contributed by atoms with E-state index in [1.165, 1.54) is 18.4 Å². The number of nitrogens with one attached hydrogen (secondary N) is 1. The highest BCUT2D eigenvalue weighted by Crippen LogP contribution is 2.28. The van der Waals surface area contributed by atoms with Crippen LogP contribution in [0.25, 0.3) is 0 Å². The zero-order valence-electron chi connectivity index (χ0n) is 24.6. The van der Waals surface area contributed by atoms with Gasteiger partial charge in [0.2, 0.25) is 0 Å². The second-order valence-electron chi connectivity index (χ2n) is 12.3. The minimum atomic E-state index is 0.238. The molecule has 0 bridgehead atoms. The van der Waals surface area contributed by atoms with Gasteiger partial charge in [-0.15, -0.1) is 0 Å². The van der Waals surface area contributed by atoms with Crippen LogP contribution in [0.15, 0.2) is 53.5 Å². The maximum absolute atomic E-state index is 9.28. The number of rotatable bonds is 11. The lowest BCUT2D eigenvalue weighted by Crippen LogP contribution is -2.52. The Balaban J connectivity index is 1.26. The van der Waals surface area contributed by atoms with Crippen molar-refractivity contribution in [3.63, 3.8) is 0 Å². The summed E-state index contributed by atoms with van der Waals surface area (Å²) >= 11 is 12.5. The van der Waals surface area contributed by atoms with Crippen molar-refractivity contribution in [3.05, 3.63) is 69.7 Å². The lowest BCUT2D eigenvalue weighted by Gasteiger charge is -2.37. The molecule has 222 valence electrons. The second kappa shape index (κ2) is 13.2. The Morgan fingerprint density at radius 1 is 1.00 bits per heavy atom. The molecule has 0 saturated carbocycles. The van der Waals surface area contributed by atoms with E-state index >= 15 is 0 Å². The van der Waals surface area contributed by atoms with Crippen molar-refractivity contribution < 1.29 is 0 Å². The lowest BCUT2D eigenvalue weighted by atomic mass is 10.0. The predicted molar refractivity (Wildman–Crippen MR) is 171 cm³/mol. The summed E-state index contributed by atoms with van der Waals surface area (Å²) in [4.78, 5) is 14.2. The Morgan fingerprint density at radius 2 is 1.78 bits per heavy atom. The van der Waals surface area contributed by atoms with Crippen LogP contribution in [-0.2, 0) is 12.8 Å². The molecular weight excluding hydrogens is 553 g/mol. The van der Waals surface area contributed by atoms with Crippen LogP contribution >= 0.6 is 23.2 Å². The Morgan fingerprint density at radius 3 is 2.51 bits per heavy atom. The van der Waals surface area contributed by atoms with Crippen LogP contribution in [0, 0.1) is 11.3 Å². The molecule has 4 atom stereocenters. The molecule has 0 radical (unpaired) electrons. The molecule has 3 aliphatic heterocycles. The van der Waals surface area contributed by atoms with Crippen molar-refractivity contribution in [1.29, 1.82) is 5.41 Å². The standard InChI is InChI=1S/C32H45Cl2N7/c1-22(2)30-18-37-31(35)41(30)20-26-10-7-14-38(26)19-23(3)40-21-27(16-24-8-5-4-6-9-24)39(32(40)36)15-13-25-11-12-28(33)29(34)17-25/h4-6,8-9,11-12,17,22-23,26-27,30,36H,7,10,13-16,18-21H2,1-3H3,(H2,35,37)/t23-,26-,27+,30-/m0/s1. The van der Waals surface area contributed by atoms with Gasteiger partial charge in [0, 0.05) is 38.3 Å². The second-order valence-corrected chi connectivity index (χ2v) is 13.1. The molecule has 2 fully saturated rings. The van der Waals surface area contributed by atoms with Crippen molar-refractivity contribution in [3.8, 4) is 0 Å². The van der Waals surface area contributed by atoms with Crippen molar-refractivity contribution in [2.75, 3.05) is 39.3 Å². The zero-order valence-corrected chi connectivity index (χ0v) is 26.2. The van der Waals surface area contributed by atoms with E-state index < -0.39 is 0 Å². The third-order valence-electron chi connectivity index (χ3n) is 9.17. The van der Waals surface area contributed by atoms with Crippen molar-refractivity contribution in [2.45, 2.75) is 70.6 Å². The van der Waals surface area contributed by atoms with Gasteiger partial charge in [0.25, 0.3) is 0 Å². The van der Waals surface area contributed by atoms with Gasteiger partial charge in [-0.1, -0.05) is 73.4 Å². The van der Waals surface area contributed by atoms with E-state index in [1.807, 2.05) is 18.2 Å². The third kappa shape index (κ3) is 6.95. The van der Waals surface area contributed by atoms with Crippen LogP contribution < -0.4 is 5.73 Å². The first-order chi connectivity index (χ1) is 19.7. The number of benzene rings is 2. The summed E-state index contributed by atoms with van der Waals surface area (Å²) in [5, 5.41) is 10.4. The van der Waals surface area contributed by atoms with Gasteiger partial charge in [0.1, 0.15) is 0 Å². The molecule has 0 amide bonds. The lowest BCUT2D eigenvalue weighted by molar-refractivity contribution is 0.155. The molecule has 9 heteroatoms. The number of nitrogens with two attached hydrogens (primary N) is 1. The van der Waals surface area contributed by atoms with E-state index in [0.717, 1.165) is 57.7 Å². The van der Waals surface area contributed by atoms with Crippen LogP contribution in [0.2, 0.25) is 10.0 Å². The third-order valence-corrected chi connectivity index (χ3v) is 9.91. The van der Waals surface area contributed by atoms with Gasteiger partial charge < -0.3 is 20.4 Å². The quantitative estimate of drug-likeness (QED) is 0.372. The monoisotopic (exact) mass is 597 g/mol. The maximum atomic E-state index is 9.28. The smallest absolute Gasteiger partial charge is 0.194 e. The summed E-state index contributed by atoms with van der Waals surface area (Å²) in [5.41, 5.74) is 8.78. The van der Waals surface area contributed by atoms with E-state index in [9.17, 15) is 5.41 Å². The Hall–Kier alpha value is -2.48. The molecule has 2 saturated heterocycles. The van der Waals surface area contributed by atoms with Crippen LogP contribution in [0.4, 0.5) is 0 Å². The maximum Gasteiger partial charge on any atom is 0.194 e. The molecule has 7 nitrogen and oxygen atoms in total. The minimum absolute atomic E-state index is 0.238. The molecule has 3 heterocycles. The molecule has 2 aromatic carbocycles. The predicted octanol–water partition coefficient (Wildman–Crippen LogP) is 5.21. The van der Waals surface area contributed by atoms with E-state index in [1.54, 1.807) is 0 Å². The first-order valence-electron chi connectivity index (χ1n) is 15.1. The average Bonchev–Trinajstić information content (AvgIpc) is 3.63. The Bertz CT molecular complexity index is 1220. The average molecular weight is 599 g/mol. The van der Waals surface area contributed by atoms with Gasteiger partial charge >= 0.3 is 0 Å². The minimum Gasteiger partial charge on any atom is -0.370 e. The van der Waals surface area contributed by atoms with Gasteiger partial charge in [-0.3, -0.25) is 15.3 Å². The molecule has 2 aromatic rings. The van der Waals surface area contributed by atoms with Gasteiger partial charge in [-0.05, 0) is 68.3 Å². The zero-order chi connectivity index (χ0) is 29.1. The summed E-state index contributed by atoms with van der Waals surface area (Å²) in [7, 11) is 0.